The number of nitrogens with one attached hydrogen (secondary N) is 1. The lowest BCUT2D eigenvalue weighted by atomic mass is 10.1. The fraction of sp³-hybridized carbons (Fsp3) is 0.136. The second-order valence-electron chi connectivity index (χ2n) is 6.68. The van der Waals surface area contributed by atoms with Crippen LogP contribution in [-0.4, -0.2) is 25.2 Å². The molecule has 30 heavy (non-hydrogen) atoms. The van der Waals surface area contributed by atoms with Crippen LogP contribution in [0.25, 0.3) is 0 Å². The third-order valence-corrected chi connectivity index (χ3v) is 6.91. The number of aryl methyl sites for hydroxylation is 1. The topological polar surface area (TPSA) is 66.5 Å². The van der Waals surface area contributed by atoms with Crippen molar-refractivity contribution in [2.75, 3.05) is 11.9 Å². The van der Waals surface area contributed by atoms with E-state index in [9.17, 15) is 13.2 Å². The van der Waals surface area contributed by atoms with Gasteiger partial charge in [-0.2, -0.15) is 4.31 Å². The molecule has 0 unspecified atom stereocenters. The van der Waals surface area contributed by atoms with E-state index in [4.69, 9.17) is 23.2 Å². The molecular formula is C22H20Cl2N2O3S. The first kappa shape index (κ1) is 22.3. The molecule has 0 heterocycles. The van der Waals surface area contributed by atoms with E-state index in [2.05, 4.69) is 5.32 Å². The number of hydrogen-bond acceptors (Lipinski definition) is 3. The highest BCUT2D eigenvalue weighted by Gasteiger charge is 2.27. The van der Waals surface area contributed by atoms with Gasteiger partial charge in [0, 0.05) is 11.6 Å². The second-order valence-corrected chi connectivity index (χ2v) is 9.46. The van der Waals surface area contributed by atoms with Gasteiger partial charge in [-0.25, -0.2) is 8.42 Å². The molecule has 3 aromatic rings. The van der Waals surface area contributed by atoms with Crippen molar-refractivity contribution in [2.45, 2.75) is 18.4 Å². The maximum Gasteiger partial charge on any atom is 0.243 e. The monoisotopic (exact) mass is 462 g/mol. The minimum atomic E-state index is -3.95. The van der Waals surface area contributed by atoms with Gasteiger partial charge in [-0.15, -0.1) is 0 Å². The number of anilines is 1. The highest BCUT2D eigenvalue weighted by Crippen LogP contribution is 2.23. The molecule has 156 valence electrons. The Morgan fingerprint density at radius 2 is 1.57 bits per heavy atom. The molecule has 5 nitrogen and oxygen atoms in total. The zero-order valence-electron chi connectivity index (χ0n) is 16.2. The Morgan fingerprint density at radius 1 is 0.933 bits per heavy atom. The largest absolute Gasteiger partial charge is 0.324 e. The number of para-hydroxylation sites is 1. The van der Waals surface area contributed by atoms with Crippen molar-refractivity contribution in [3.63, 3.8) is 0 Å². The number of benzene rings is 3. The Bertz CT molecular complexity index is 1150. The van der Waals surface area contributed by atoms with Crippen molar-refractivity contribution in [1.29, 1.82) is 0 Å². The minimum Gasteiger partial charge on any atom is -0.324 e. The van der Waals surface area contributed by atoms with Crippen LogP contribution in [0.2, 0.25) is 10.0 Å². The second kappa shape index (κ2) is 9.62. The molecule has 8 heteroatoms. The lowest BCUT2D eigenvalue weighted by Crippen LogP contribution is -2.37. The van der Waals surface area contributed by atoms with Gasteiger partial charge >= 0.3 is 0 Å². The van der Waals surface area contributed by atoms with Gasteiger partial charge in [0.05, 0.1) is 22.2 Å². The van der Waals surface area contributed by atoms with E-state index in [1.165, 1.54) is 24.3 Å². The highest BCUT2D eigenvalue weighted by molar-refractivity contribution is 7.89. The number of carbonyl (C=O) groups is 1. The molecule has 1 amide bonds. The van der Waals surface area contributed by atoms with Gasteiger partial charge in [-0.05, 0) is 54.4 Å². The van der Waals surface area contributed by atoms with Crippen molar-refractivity contribution in [3.8, 4) is 0 Å². The maximum atomic E-state index is 13.3. The van der Waals surface area contributed by atoms with Crippen molar-refractivity contribution >= 4 is 44.8 Å². The van der Waals surface area contributed by atoms with E-state index in [1.54, 1.807) is 24.3 Å². The lowest BCUT2D eigenvalue weighted by molar-refractivity contribution is -0.116. The molecule has 0 saturated heterocycles. The van der Waals surface area contributed by atoms with Crippen LogP contribution in [0.1, 0.15) is 11.1 Å². The van der Waals surface area contributed by atoms with E-state index in [-0.39, 0.29) is 18.0 Å². The van der Waals surface area contributed by atoms with Gasteiger partial charge in [0.15, 0.2) is 0 Å². The summed E-state index contributed by atoms with van der Waals surface area (Å²) in [5.41, 5.74) is 2.16. The predicted octanol–water partition coefficient (Wildman–Crippen LogP) is 5.13. The van der Waals surface area contributed by atoms with Crippen molar-refractivity contribution in [3.05, 3.63) is 94.0 Å². The van der Waals surface area contributed by atoms with Gasteiger partial charge in [-0.3, -0.25) is 4.79 Å². The van der Waals surface area contributed by atoms with E-state index < -0.39 is 15.9 Å². The van der Waals surface area contributed by atoms with Crippen molar-refractivity contribution in [1.82, 2.24) is 4.31 Å². The lowest BCUT2D eigenvalue weighted by Gasteiger charge is -2.23. The standard InChI is InChI=1S/C22H20Cl2N2O3S/c1-16-6-2-3-7-17(16)14-26(30(28,29)19-12-10-18(23)11-13-19)15-22(27)25-21-9-5-4-8-20(21)24/h2-13H,14-15H2,1H3,(H,25,27). The normalized spacial score (nSPS) is 11.5. The quantitative estimate of drug-likeness (QED) is 0.528. The Hall–Kier alpha value is -2.38. The summed E-state index contributed by atoms with van der Waals surface area (Å²) in [6.07, 6.45) is 0. The molecule has 0 radical (unpaired) electrons. The predicted molar refractivity (Wildman–Crippen MR) is 120 cm³/mol. The van der Waals surface area contributed by atoms with Crippen LogP contribution < -0.4 is 5.32 Å². The minimum absolute atomic E-state index is 0.0492. The summed E-state index contributed by atoms with van der Waals surface area (Å²) in [6, 6.07) is 20.1. The number of amides is 1. The third kappa shape index (κ3) is 5.40. The van der Waals surface area contributed by atoms with Crippen LogP contribution in [0.15, 0.2) is 77.7 Å². The van der Waals surface area contributed by atoms with Gasteiger partial charge in [-0.1, -0.05) is 59.6 Å². The van der Waals surface area contributed by atoms with Gasteiger partial charge in [0.2, 0.25) is 15.9 Å². The smallest absolute Gasteiger partial charge is 0.243 e. The Kier molecular flexibility index (Phi) is 7.15. The summed E-state index contributed by atoms with van der Waals surface area (Å²) in [5.74, 6) is -0.491. The summed E-state index contributed by atoms with van der Waals surface area (Å²) >= 11 is 12.0. The Labute approximate surface area is 186 Å². The van der Waals surface area contributed by atoms with E-state index in [0.717, 1.165) is 15.4 Å². The average Bonchev–Trinajstić information content (AvgIpc) is 2.71. The Balaban J connectivity index is 1.91. The first-order chi connectivity index (χ1) is 14.3. The third-order valence-electron chi connectivity index (χ3n) is 4.53. The number of sulfonamides is 1. The van der Waals surface area contributed by atoms with Crippen molar-refractivity contribution < 1.29 is 13.2 Å². The van der Waals surface area contributed by atoms with Gasteiger partial charge < -0.3 is 5.32 Å². The summed E-state index contributed by atoms with van der Waals surface area (Å²) in [7, 11) is -3.95. The fourth-order valence-corrected chi connectivity index (χ4v) is 4.55. The van der Waals surface area contributed by atoms with Crippen molar-refractivity contribution in [2.24, 2.45) is 0 Å². The number of carbonyl (C=O) groups excluding carboxylic acids is 1. The van der Waals surface area contributed by atoms with Crippen LogP contribution in [0.3, 0.4) is 0 Å². The molecule has 0 aliphatic carbocycles. The highest BCUT2D eigenvalue weighted by atomic mass is 35.5. The first-order valence-electron chi connectivity index (χ1n) is 9.12. The molecule has 0 atom stereocenters. The van der Waals surface area contributed by atoms with Crippen LogP contribution in [0, 0.1) is 6.92 Å². The van der Waals surface area contributed by atoms with Crippen LogP contribution in [0.5, 0.6) is 0 Å². The number of hydrogen-bond donors (Lipinski definition) is 1. The Morgan fingerprint density at radius 3 is 2.23 bits per heavy atom. The SMILES string of the molecule is Cc1ccccc1CN(CC(=O)Nc1ccccc1Cl)S(=O)(=O)c1ccc(Cl)cc1. The van der Waals surface area contributed by atoms with Crippen LogP contribution in [-0.2, 0) is 21.4 Å². The first-order valence-corrected chi connectivity index (χ1v) is 11.3. The van der Waals surface area contributed by atoms with Crippen LogP contribution >= 0.6 is 23.2 Å². The molecule has 0 aromatic heterocycles. The number of rotatable bonds is 7. The fourth-order valence-electron chi connectivity index (χ4n) is 2.87. The van der Waals surface area contributed by atoms with E-state index >= 15 is 0 Å². The van der Waals surface area contributed by atoms with Gasteiger partial charge in [0.25, 0.3) is 0 Å². The average molecular weight is 463 g/mol. The summed E-state index contributed by atoms with van der Waals surface area (Å²) in [4.78, 5) is 12.7. The van der Waals surface area contributed by atoms with E-state index in [1.807, 2.05) is 31.2 Å². The molecule has 0 aliphatic heterocycles. The molecule has 1 N–H and O–H groups in total. The molecule has 0 saturated carbocycles. The molecular weight excluding hydrogens is 443 g/mol. The number of nitrogens with zero attached hydrogens (tertiary/aromatic N) is 1. The van der Waals surface area contributed by atoms with E-state index in [0.29, 0.717) is 15.7 Å². The van der Waals surface area contributed by atoms with Crippen LogP contribution in [0.4, 0.5) is 5.69 Å². The zero-order chi connectivity index (χ0) is 21.7. The molecule has 0 spiro atoms. The zero-order valence-corrected chi connectivity index (χ0v) is 18.5. The molecule has 0 bridgehead atoms. The number of halogens is 2. The molecule has 0 aliphatic rings. The maximum absolute atomic E-state index is 13.3. The molecule has 3 rings (SSSR count). The molecule has 3 aromatic carbocycles. The van der Waals surface area contributed by atoms with Gasteiger partial charge in [0.1, 0.15) is 0 Å². The summed E-state index contributed by atoms with van der Waals surface area (Å²) in [6.45, 7) is 1.57. The summed E-state index contributed by atoms with van der Waals surface area (Å²) < 4.78 is 27.7. The molecule has 0 fully saturated rings. The summed E-state index contributed by atoms with van der Waals surface area (Å²) in [5, 5.41) is 3.47.